The molecule has 0 bridgehead atoms. The lowest BCUT2D eigenvalue weighted by atomic mass is 10.1. The van der Waals surface area contributed by atoms with E-state index in [9.17, 15) is 19.2 Å². The summed E-state index contributed by atoms with van der Waals surface area (Å²) in [6.07, 6.45) is 15.3. The number of aliphatic imine (C=N–C) groups is 2. The Hall–Kier alpha value is -2.50. The average molecular weight is 452 g/mol. The molecular formula is C23H41N5O4. The summed E-state index contributed by atoms with van der Waals surface area (Å²) in [5, 5.41) is 5.70. The summed E-state index contributed by atoms with van der Waals surface area (Å²) in [5.74, 6) is 0. The molecular weight excluding hydrogens is 410 g/mol. The van der Waals surface area contributed by atoms with E-state index < -0.39 is 0 Å². The molecule has 0 spiro atoms. The van der Waals surface area contributed by atoms with Crippen molar-refractivity contribution in [1.29, 1.82) is 0 Å². The molecule has 9 heteroatoms. The molecule has 0 aromatic carbocycles. The van der Waals surface area contributed by atoms with E-state index in [0.29, 0.717) is 39.1 Å². The fourth-order valence-corrected chi connectivity index (χ4v) is 3.18. The number of hydrogen-bond donors (Lipinski definition) is 2. The highest BCUT2D eigenvalue weighted by molar-refractivity contribution is 5.93. The van der Waals surface area contributed by atoms with Gasteiger partial charge in [0.2, 0.25) is 12.2 Å². The predicted molar refractivity (Wildman–Crippen MR) is 125 cm³/mol. The fraction of sp³-hybridized carbons (Fsp3) is 0.826. The van der Waals surface area contributed by atoms with Crippen molar-refractivity contribution in [3.8, 4) is 0 Å². The van der Waals surface area contributed by atoms with Gasteiger partial charge in [0.15, 0.2) is 0 Å². The van der Waals surface area contributed by atoms with E-state index in [1.165, 1.54) is 29.9 Å². The van der Waals surface area contributed by atoms with E-state index in [1.54, 1.807) is 0 Å². The minimum Gasteiger partial charge on any atom is -0.338 e. The third-order valence-electron chi connectivity index (χ3n) is 5.05. The standard InChI is InChI=1S/C23H41N5O4/c1-2-3-4-5-12-17-26-22(31)28(19-14-9-8-11-16-25-21-30)23(32)27-18-13-7-6-10-15-24-20-29/h2-19H2,1H3,(H,26,31)(H,27,32). The summed E-state index contributed by atoms with van der Waals surface area (Å²) in [6, 6.07) is -0.722. The van der Waals surface area contributed by atoms with Gasteiger partial charge in [0.05, 0.1) is 13.1 Å². The molecule has 2 N–H and O–H groups in total. The van der Waals surface area contributed by atoms with Gasteiger partial charge >= 0.3 is 12.1 Å². The maximum Gasteiger partial charge on any atom is 0.325 e. The lowest BCUT2D eigenvalue weighted by molar-refractivity contribution is 0.184. The van der Waals surface area contributed by atoms with Gasteiger partial charge in [-0.25, -0.2) is 34.1 Å². The maximum absolute atomic E-state index is 12.6. The van der Waals surface area contributed by atoms with Crippen LogP contribution >= 0.6 is 0 Å². The molecule has 0 aliphatic rings. The Bertz CT molecular complexity index is 587. The average Bonchev–Trinajstić information content (AvgIpc) is 2.79. The summed E-state index contributed by atoms with van der Waals surface area (Å²) in [4.78, 5) is 53.5. The first-order valence-corrected chi connectivity index (χ1v) is 12.1. The van der Waals surface area contributed by atoms with Gasteiger partial charge in [-0.05, 0) is 32.1 Å². The highest BCUT2D eigenvalue weighted by Gasteiger charge is 2.20. The SMILES string of the molecule is CCCCCCCNC(=O)N(CCCCCCN=C=O)C(=O)NCCCCCCN=C=O. The molecule has 0 rings (SSSR count). The van der Waals surface area contributed by atoms with Crippen molar-refractivity contribution in [3.63, 3.8) is 0 Å². The highest BCUT2D eigenvalue weighted by atomic mass is 16.2. The molecule has 0 aliphatic heterocycles. The number of isocyanates is 2. The Morgan fingerprint density at radius 1 is 0.656 bits per heavy atom. The van der Waals surface area contributed by atoms with E-state index in [0.717, 1.165) is 64.2 Å². The molecule has 0 saturated heterocycles. The first kappa shape index (κ1) is 29.5. The zero-order valence-corrected chi connectivity index (χ0v) is 19.7. The molecule has 9 nitrogen and oxygen atoms in total. The van der Waals surface area contributed by atoms with Crippen LogP contribution in [0.4, 0.5) is 9.59 Å². The molecule has 0 saturated carbocycles. The van der Waals surface area contributed by atoms with Crippen LogP contribution in [0.1, 0.15) is 90.4 Å². The Morgan fingerprint density at radius 2 is 1.09 bits per heavy atom. The van der Waals surface area contributed by atoms with Gasteiger partial charge in [-0.3, -0.25) is 0 Å². The number of imide groups is 1. The van der Waals surface area contributed by atoms with Crippen LogP contribution in [0, 0.1) is 0 Å². The smallest absolute Gasteiger partial charge is 0.325 e. The third-order valence-corrected chi connectivity index (χ3v) is 5.05. The monoisotopic (exact) mass is 451 g/mol. The summed E-state index contributed by atoms with van der Waals surface area (Å²) in [5.41, 5.74) is 0. The summed E-state index contributed by atoms with van der Waals surface area (Å²) in [6.45, 7) is 4.54. The van der Waals surface area contributed by atoms with E-state index >= 15 is 0 Å². The molecule has 0 aromatic rings. The van der Waals surface area contributed by atoms with Crippen molar-refractivity contribution in [1.82, 2.24) is 15.5 Å². The second-order valence-electron chi connectivity index (χ2n) is 7.80. The van der Waals surface area contributed by atoms with Crippen molar-refractivity contribution in [2.24, 2.45) is 9.98 Å². The minimum atomic E-state index is -0.371. The number of amides is 4. The molecule has 0 unspecified atom stereocenters. The van der Waals surface area contributed by atoms with Gasteiger partial charge in [-0.2, -0.15) is 0 Å². The van der Waals surface area contributed by atoms with Gasteiger partial charge in [-0.15, -0.1) is 0 Å². The molecule has 0 aliphatic carbocycles. The highest BCUT2D eigenvalue weighted by Crippen LogP contribution is 2.05. The van der Waals surface area contributed by atoms with Crippen LogP contribution in [0.5, 0.6) is 0 Å². The fourth-order valence-electron chi connectivity index (χ4n) is 3.18. The van der Waals surface area contributed by atoms with Gasteiger partial charge in [0.25, 0.3) is 0 Å². The number of rotatable bonds is 20. The van der Waals surface area contributed by atoms with Gasteiger partial charge in [0.1, 0.15) is 0 Å². The molecule has 0 heterocycles. The van der Waals surface area contributed by atoms with Crippen molar-refractivity contribution in [3.05, 3.63) is 0 Å². The molecule has 32 heavy (non-hydrogen) atoms. The van der Waals surface area contributed by atoms with Gasteiger partial charge in [-0.1, -0.05) is 58.3 Å². The molecule has 0 fully saturated rings. The van der Waals surface area contributed by atoms with Crippen LogP contribution in [-0.2, 0) is 9.59 Å². The zero-order chi connectivity index (χ0) is 23.7. The third kappa shape index (κ3) is 18.3. The lowest BCUT2D eigenvalue weighted by Gasteiger charge is -2.22. The van der Waals surface area contributed by atoms with Crippen LogP contribution < -0.4 is 10.6 Å². The van der Waals surface area contributed by atoms with Crippen LogP contribution in [0.15, 0.2) is 9.98 Å². The number of nitrogens with zero attached hydrogens (tertiary/aromatic N) is 3. The van der Waals surface area contributed by atoms with Gasteiger partial charge in [0, 0.05) is 19.6 Å². The van der Waals surface area contributed by atoms with Crippen molar-refractivity contribution >= 4 is 24.2 Å². The maximum atomic E-state index is 12.6. The Labute approximate surface area is 192 Å². The number of nitrogens with one attached hydrogen (secondary N) is 2. The first-order valence-electron chi connectivity index (χ1n) is 12.1. The molecule has 182 valence electrons. The van der Waals surface area contributed by atoms with E-state index in [2.05, 4.69) is 27.5 Å². The summed E-state index contributed by atoms with van der Waals surface area (Å²) < 4.78 is 0. The molecule has 0 aromatic heterocycles. The van der Waals surface area contributed by atoms with Crippen molar-refractivity contribution < 1.29 is 19.2 Å². The Balaban J connectivity index is 4.32. The lowest BCUT2D eigenvalue weighted by Crippen LogP contribution is -2.49. The number of carbonyl (C=O) groups is 2. The van der Waals surface area contributed by atoms with Gasteiger partial charge < -0.3 is 10.6 Å². The van der Waals surface area contributed by atoms with E-state index in [1.807, 2.05) is 0 Å². The van der Waals surface area contributed by atoms with Crippen LogP contribution in [-0.4, -0.2) is 61.8 Å². The number of urea groups is 2. The number of hydrogen-bond acceptors (Lipinski definition) is 6. The topological polar surface area (TPSA) is 120 Å². The zero-order valence-electron chi connectivity index (χ0n) is 19.7. The van der Waals surface area contributed by atoms with Crippen LogP contribution in [0.2, 0.25) is 0 Å². The molecule has 4 amide bonds. The second kappa shape index (κ2) is 23.2. The Morgan fingerprint density at radius 3 is 1.56 bits per heavy atom. The first-order chi connectivity index (χ1) is 15.7. The minimum absolute atomic E-state index is 0.352. The largest absolute Gasteiger partial charge is 0.338 e. The van der Waals surface area contributed by atoms with E-state index in [4.69, 9.17) is 0 Å². The normalized spacial score (nSPS) is 10.0. The summed E-state index contributed by atoms with van der Waals surface area (Å²) >= 11 is 0. The number of carbonyl (C=O) groups excluding carboxylic acids is 4. The predicted octanol–water partition coefficient (Wildman–Crippen LogP) is 4.47. The van der Waals surface area contributed by atoms with Crippen LogP contribution in [0.25, 0.3) is 0 Å². The second-order valence-corrected chi connectivity index (χ2v) is 7.80. The van der Waals surface area contributed by atoms with Crippen molar-refractivity contribution in [2.75, 3.05) is 32.7 Å². The molecule has 0 atom stereocenters. The van der Waals surface area contributed by atoms with Crippen LogP contribution in [0.3, 0.4) is 0 Å². The Kier molecular flexibility index (Phi) is 21.4. The van der Waals surface area contributed by atoms with Crippen molar-refractivity contribution in [2.45, 2.75) is 90.4 Å². The number of unbranched alkanes of at least 4 members (excludes halogenated alkanes) is 10. The molecule has 0 radical (unpaired) electrons. The summed E-state index contributed by atoms with van der Waals surface area (Å²) in [7, 11) is 0. The van der Waals surface area contributed by atoms with E-state index in [-0.39, 0.29) is 12.1 Å². The quantitative estimate of drug-likeness (QED) is 0.161.